The monoisotopic (exact) mass is 148 g/mol. The van der Waals surface area contributed by atoms with Crippen molar-refractivity contribution in [2.24, 2.45) is 0 Å². The fourth-order valence-corrected chi connectivity index (χ4v) is 1.30. The van der Waals surface area contributed by atoms with Crippen molar-refractivity contribution in [2.75, 3.05) is 18.0 Å². The van der Waals surface area contributed by atoms with Gasteiger partial charge in [-0.1, -0.05) is 0 Å². The van der Waals surface area contributed by atoms with Crippen LogP contribution in [0, 0.1) is 6.92 Å². The van der Waals surface area contributed by atoms with Gasteiger partial charge in [0.25, 0.3) is 0 Å². The van der Waals surface area contributed by atoms with Gasteiger partial charge >= 0.3 is 0 Å². The first-order valence-corrected chi connectivity index (χ1v) is 4.04. The predicted octanol–water partition coefficient (Wildman–Crippen LogP) is 1.60. The summed E-state index contributed by atoms with van der Waals surface area (Å²) in [5.41, 5.74) is 2.43. The van der Waals surface area contributed by atoms with E-state index in [9.17, 15) is 0 Å². The zero-order valence-electron chi connectivity index (χ0n) is 6.75. The number of aryl methyl sites for hydroxylation is 1. The molecule has 2 heteroatoms. The molecule has 1 aromatic heterocycles. The molecule has 0 N–H and O–H groups in total. The maximum atomic E-state index is 4.15. The van der Waals surface area contributed by atoms with E-state index in [4.69, 9.17) is 0 Å². The summed E-state index contributed by atoms with van der Waals surface area (Å²) in [7, 11) is 0. The van der Waals surface area contributed by atoms with Crippen LogP contribution in [0.4, 0.5) is 5.69 Å². The van der Waals surface area contributed by atoms with Crippen molar-refractivity contribution in [2.45, 2.75) is 13.3 Å². The molecule has 0 saturated carbocycles. The lowest BCUT2D eigenvalue weighted by Gasteiger charge is -2.33. The molecule has 0 aliphatic carbocycles. The van der Waals surface area contributed by atoms with Crippen LogP contribution < -0.4 is 4.90 Å². The SMILES string of the molecule is Cc1cc(N2CCC2)ccn1. The van der Waals surface area contributed by atoms with Crippen molar-refractivity contribution in [1.29, 1.82) is 0 Å². The summed E-state index contributed by atoms with van der Waals surface area (Å²) in [6.45, 7) is 4.45. The Morgan fingerprint density at radius 3 is 2.82 bits per heavy atom. The van der Waals surface area contributed by atoms with Gasteiger partial charge in [-0.3, -0.25) is 4.98 Å². The summed E-state index contributed by atoms with van der Waals surface area (Å²) < 4.78 is 0. The molecule has 1 aliphatic heterocycles. The molecule has 2 rings (SSSR count). The van der Waals surface area contributed by atoms with Crippen molar-refractivity contribution in [3.8, 4) is 0 Å². The first kappa shape index (κ1) is 6.65. The quantitative estimate of drug-likeness (QED) is 0.601. The van der Waals surface area contributed by atoms with Gasteiger partial charge in [-0.2, -0.15) is 0 Å². The fraction of sp³-hybridized carbons (Fsp3) is 0.444. The van der Waals surface area contributed by atoms with Crippen molar-refractivity contribution < 1.29 is 0 Å². The Labute approximate surface area is 66.9 Å². The number of hydrogen-bond donors (Lipinski definition) is 0. The lowest BCUT2D eigenvalue weighted by Crippen LogP contribution is -2.36. The number of aromatic nitrogens is 1. The summed E-state index contributed by atoms with van der Waals surface area (Å²) in [5, 5.41) is 0. The highest BCUT2D eigenvalue weighted by Gasteiger charge is 2.13. The average Bonchev–Trinajstić information content (AvgIpc) is 1.83. The number of nitrogens with zero attached hydrogens (tertiary/aromatic N) is 2. The lowest BCUT2D eigenvalue weighted by molar-refractivity contribution is 0.617. The third-order valence-corrected chi connectivity index (χ3v) is 2.10. The van der Waals surface area contributed by atoms with Crippen LogP contribution >= 0.6 is 0 Å². The van der Waals surface area contributed by atoms with E-state index < -0.39 is 0 Å². The molecular formula is C9H12N2. The normalized spacial score (nSPS) is 16.3. The molecule has 1 aliphatic rings. The van der Waals surface area contributed by atoms with E-state index in [0.717, 1.165) is 5.69 Å². The maximum Gasteiger partial charge on any atom is 0.0399 e. The van der Waals surface area contributed by atoms with Gasteiger partial charge in [0.1, 0.15) is 0 Å². The number of pyridine rings is 1. The average molecular weight is 148 g/mol. The second kappa shape index (κ2) is 2.53. The molecule has 58 valence electrons. The molecule has 1 fully saturated rings. The van der Waals surface area contributed by atoms with Crippen LogP contribution in [-0.2, 0) is 0 Å². The zero-order chi connectivity index (χ0) is 7.68. The van der Waals surface area contributed by atoms with Crippen molar-refractivity contribution in [3.63, 3.8) is 0 Å². The topological polar surface area (TPSA) is 16.1 Å². The number of rotatable bonds is 1. The van der Waals surface area contributed by atoms with Crippen LogP contribution in [0.3, 0.4) is 0 Å². The van der Waals surface area contributed by atoms with Gasteiger partial charge in [-0.15, -0.1) is 0 Å². The van der Waals surface area contributed by atoms with Gasteiger partial charge in [-0.05, 0) is 25.5 Å². The summed E-state index contributed by atoms with van der Waals surface area (Å²) >= 11 is 0. The molecular weight excluding hydrogens is 136 g/mol. The third-order valence-electron chi connectivity index (χ3n) is 2.10. The van der Waals surface area contributed by atoms with Crippen LogP contribution in [0.15, 0.2) is 18.3 Å². The Bertz CT molecular complexity index is 253. The zero-order valence-corrected chi connectivity index (χ0v) is 6.75. The molecule has 0 amide bonds. The molecule has 2 nitrogen and oxygen atoms in total. The predicted molar refractivity (Wildman–Crippen MR) is 45.8 cm³/mol. The van der Waals surface area contributed by atoms with Crippen molar-refractivity contribution >= 4 is 5.69 Å². The number of anilines is 1. The lowest BCUT2D eigenvalue weighted by atomic mass is 10.2. The second-order valence-electron chi connectivity index (χ2n) is 3.00. The fourth-order valence-electron chi connectivity index (χ4n) is 1.30. The minimum absolute atomic E-state index is 1.11. The molecule has 1 aromatic rings. The summed E-state index contributed by atoms with van der Waals surface area (Å²) in [4.78, 5) is 6.52. The highest BCUT2D eigenvalue weighted by atomic mass is 15.2. The molecule has 2 heterocycles. The summed E-state index contributed by atoms with van der Waals surface area (Å²) in [6, 6.07) is 4.21. The largest absolute Gasteiger partial charge is 0.371 e. The Kier molecular flexibility index (Phi) is 1.53. The van der Waals surface area contributed by atoms with E-state index in [1.54, 1.807) is 0 Å². The highest BCUT2D eigenvalue weighted by Crippen LogP contribution is 2.19. The first-order valence-electron chi connectivity index (χ1n) is 4.04. The van der Waals surface area contributed by atoms with Gasteiger partial charge in [-0.25, -0.2) is 0 Å². The van der Waals surface area contributed by atoms with Crippen LogP contribution in [0.5, 0.6) is 0 Å². The molecule has 0 aromatic carbocycles. The number of hydrogen-bond acceptors (Lipinski definition) is 2. The Morgan fingerprint density at radius 1 is 1.45 bits per heavy atom. The highest BCUT2D eigenvalue weighted by molar-refractivity contribution is 5.48. The van der Waals surface area contributed by atoms with Crippen LogP contribution in [-0.4, -0.2) is 18.1 Å². The van der Waals surface area contributed by atoms with E-state index in [1.807, 2.05) is 13.1 Å². The Morgan fingerprint density at radius 2 is 2.27 bits per heavy atom. The van der Waals surface area contributed by atoms with Gasteiger partial charge in [0, 0.05) is 30.7 Å². The maximum absolute atomic E-state index is 4.15. The summed E-state index contributed by atoms with van der Waals surface area (Å²) in [5.74, 6) is 0. The van der Waals surface area contributed by atoms with Gasteiger partial charge in [0.2, 0.25) is 0 Å². The minimum Gasteiger partial charge on any atom is -0.371 e. The van der Waals surface area contributed by atoms with Crippen LogP contribution in [0.2, 0.25) is 0 Å². The third kappa shape index (κ3) is 1.20. The van der Waals surface area contributed by atoms with E-state index in [-0.39, 0.29) is 0 Å². The summed E-state index contributed by atoms with van der Waals surface area (Å²) in [6.07, 6.45) is 3.21. The van der Waals surface area contributed by atoms with Gasteiger partial charge in [0.05, 0.1) is 0 Å². The van der Waals surface area contributed by atoms with Crippen molar-refractivity contribution in [1.82, 2.24) is 4.98 Å². The van der Waals surface area contributed by atoms with Gasteiger partial charge < -0.3 is 4.90 Å². The molecule has 0 radical (unpaired) electrons. The minimum atomic E-state index is 1.11. The molecule has 11 heavy (non-hydrogen) atoms. The van der Waals surface area contributed by atoms with Crippen molar-refractivity contribution in [3.05, 3.63) is 24.0 Å². The van der Waals surface area contributed by atoms with E-state index in [2.05, 4.69) is 22.0 Å². The van der Waals surface area contributed by atoms with E-state index >= 15 is 0 Å². The Hall–Kier alpha value is -1.05. The molecule has 1 saturated heterocycles. The Balaban J connectivity index is 2.23. The van der Waals surface area contributed by atoms with Gasteiger partial charge in [0.15, 0.2) is 0 Å². The first-order chi connectivity index (χ1) is 5.36. The second-order valence-corrected chi connectivity index (χ2v) is 3.00. The van der Waals surface area contributed by atoms with Crippen LogP contribution in [0.1, 0.15) is 12.1 Å². The van der Waals surface area contributed by atoms with E-state index in [0.29, 0.717) is 0 Å². The molecule has 0 spiro atoms. The van der Waals surface area contributed by atoms with Crippen LogP contribution in [0.25, 0.3) is 0 Å². The molecule has 0 unspecified atom stereocenters. The van der Waals surface area contributed by atoms with E-state index in [1.165, 1.54) is 25.2 Å². The smallest absolute Gasteiger partial charge is 0.0399 e. The molecule has 0 bridgehead atoms. The molecule has 0 atom stereocenters. The standard InChI is InChI=1S/C9H12N2/c1-8-7-9(3-4-10-8)11-5-2-6-11/h3-4,7H,2,5-6H2,1H3.